The van der Waals surface area contributed by atoms with Crippen molar-refractivity contribution in [1.82, 2.24) is 15.1 Å². The summed E-state index contributed by atoms with van der Waals surface area (Å²) in [7, 11) is 7.33. The SMILES string of the molecule is COc1cc2c(cc1OC)OC1=C(C(NC(C)C(C)/C=C/Br)N(C)C=N1)N(C)C2. The van der Waals surface area contributed by atoms with Crippen LogP contribution in [0.4, 0.5) is 0 Å². The van der Waals surface area contributed by atoms with Crippen LogP contribution in [0.5, 0.6) is 17.2 Å². The number of rotatable bonds is 6. The maximum atomic E-state index is 6.26. The molecule has 0 aromatic heterocycles. The van der Waals surface area contributed by atoms with Gasteiger partial charge in [0.1, 0.15) is 17.6 Å². The Morgan fingerprint density at radius 3 is 2.59 bits per heavy atom. The Labute approximate surface area is 181 Å². The Morgan fingerprint density at radius 1 is 1.24 bits per heavy atom. The van der Waals surface area contributed by atoms with Gasteiger partial charge >= 0.3 is 0 Å². The van der Waals surface area contributed by atoms with E-state index in [0.29, 0.717) is 29.8 Å². The largest absolute Gasteiger partial charge is 0.493 e. The number of hydrogen-bond acceptors (Lipinski definition) is 7. The molecule has 2 aliphatic heterocycles. The van der Waals surface area contributed by atoms with Crippen molar-refractivity contribution < 1.29 is 14.2 Å². The van der Waals surface area contributed by atoms with Crippen molar-refractivity contribution in [2.45, 2.75) is 32.6 Å². The lowest BCUT2D eigenvalue weighted by atomic mass is 10.0. The summed E-state index contributed by atoms with van der Waals surface area (Å²) < 4.78 is 17.2. The molecular formula is C21H29BrN4O3. The Balaban J connectivity index is 1.95. The van der Waals surface area contributed by atoms with Crippen LogP contribution in [0.25, 0.3) is 0 Å². The van der Waals surface area contributed by atoms with Crippen molar-refractivity contribution in [3.63, 3.8) is 0 Å². The zero-order chi connectivity index (χ0) is 21.1. The van der Waals surface area contributed by atoms with E-state index in [1.807, 2.05) is 24.2 Å². The van der Waals surface area contributed by atoms with Crippen LogP contribution in [0.3, 0.4) is 0 Å². The van der Waals surface area contributed by atoms with Crippen molar-refractivity contribution in [3.8, 4) is 17.2 Å². The molecule has 3 atom stereocenters. The predicted molar refractivity (Wildman–Crippen MR) is 119 cm³/mol. The number of methoxy groups -OCH3 is 2. The van der Waals surface area contributed by atoms with Crippen molar-refractivity contribution >= 4 is 22.3 Å². The molecule has 8 heteroatoms. The summed E-state index contributed by atoms with van der Waals surface area (Å²) in [4.78, 5) is 10.7. The summed E-state index contributed by atoms with van der Waals surface area (Å²) in [5.74, 6) is 2.98. The molecule has 158 valence electrons. The standard InChI is InChI=1S/C21H29BrN4O3/c1-13(7-8-22)14(2)24-20-19-21(23-12-26(20)4)29-16-10-18(28-6)17(27-5)9-15(16)11-25(19)3/h7-10,12-14,20,24H,11H2,1-6H3/b8-7+. The molecule has 7 nitrogen and oxygen atoms in total. The van der Waals surface area contributed by atoms with Crippen LogP contribution >= 0.6 is 15.9 Å². The number of likely N-dealkylation sites (N-methyl/N-ethyl adjacent to an activating group) is 2. The average Bonchev–Trinajstić information content (AvgIpc) is 2.84. The molecule has 3 rings (SSSR count). The van der Waals surface area contributed by atoms with Gasteiger partial charge in [0.2, 0.25) is 5.88 Å². The number of hydrogen-bond donors (Lipinski definition) is 1. The van der Waals surface area contributed by atoms with Gasteiger partial charge in [0.25, 0.3) is 0 Å². The van der Waals surface area contributed by atoms with Crippen LogP contribution in [-0.4, -0.2) is 56.7 Å². The van der Waals surface area contributed by atoms with Gasteiger partial charge in [-0.1, -0.05) is 28.9 Å². The first-order valence-electron chi connectivity index (χ1n) is 9.56. The number of aliphatic imine (C=N–C) groups is 1. The molecule has 1 aromatic carbocycles. The average molecular weight is 465 g/mol. The summed E-state index contributed by atoms with van der Waals surface area (Å²) in [6.07, 6.45) is 3.87. The van der Waals surface area contributed by atoms with E-state index in [0.717, 1.165) is 17.0 Å². The number of fused-ring (bicyclic) bond motifs is 1. The van der Waals surface area contributed by atoms with E-state index in [-0.39, 0.29) is 12.2 Å². The molecule has 0 radical (unpaired) electrons. The van der Waals surface area contributed by atoms with Gasteiger partial charge < -0.3 is 24.0 Å². The fraction of sp³-hybridized carbons (Fsp3) is 0.476. The third-order valence-corrected chi connectivity index (χ3v) is 5.73. The van der Waals surface area contributed by atoms with E-state index in [1.165, 1.54) is 0 Å². The fourth-order valence-corrected chi connectivity index (χ4v) is 3.96. The monoisotopic (exact) mass is 464 g/mol. The highest BCUT2D eigenvalue weighted by Crippen LogP contribution is 2.39. The van der Waals surface area contributed by atoms with Gasteiger partial charge in [-0.15, -0.1) is 0 Å². The second-order valence-electron chi connectivity index (χ2n) is 7.41. The van der Waals surface area contributed by atoms with Gasteiger partial charge in [0, 0.05) is 38.3 Å². The summed E-state index contributed by atoms with van der Waals surface area (Å²) in [5.41, 5.74) is 2.01. The summed E-state index contributed by atoms with van der Waals surface area (Å²) in [5, 5.41) is 3.72. The van der Waals surface area contributed by atoms with E-state index >= 15 is 0 Å². The first kappa shape index (κ1) is 21.5. The molecule has 2 aliphatic rings. The van der Waals surface area contributed by atoms with E-state index in [2.05, 4.69) is 63.0 Å². The third kappa shape index (κ3) is 4.38. The number of benzene rings is 1. The molecule has 0 spiro atoms. The van der Waals surface area contributed by atoms with E-state index in [4.69, 9.17) is 14.2 Å². The smallest absolute Gasteiger partial charge is 0.243 e. The highest BCUT2D eigenvalue weighted by molar-refractivity contribution is 9.11. The first-order valence-corrected chi connectivity index (χ1v) is 10.5. The molecule has 0 saturated carbocycles. The maximum Gasteiger partial charge on any atom is 0.243 e. The first-order chi connectivity index (χ1) is 13.9. The lowest BCUT2D eigenvalue weighted by Crippen LogP contribution is -2.53. The molecule has 0 fully saturated rings. The molecule has 2 heterocycles. The van der Waals surface area contributed by atoms with E-state index < -0.39 is 0 Å². The van der Waals surface area contributed by atoms with Gasteiger partial charge in [-0.05, 0) is 23.9 Å². The highest BCUT2D eigenvalue weighted by Gasteiger charge is 2.34. The Bertz CT molecular complexity index is 839. The minimum absolute atomic E-state index is 0.0632. The Morgan fingerprint density at radius 2 is 1.93 bits per heavy atom. The van der Waals surface area contributed by atoms with Crippen LogP contribution in [0.1, 0.15) is 19.4 Å². The highest BCUT2D eigenvalue weighted by atomic mass is 79.9. The second-order valence-corrected chi connectivity index (χ2v) is 7.94. The molecule has 0 saturated heterocycles. The van der Waals surface area contributed by atoms with Crippen LogP contribution in [0, 0.1) is 5.92 Å². The number of nitrogens with one attached hydrogen (secondary N) is 1. The molecule has 1 N–H and O–H groups in total. The quantitative estimate of drug-likeness (QED) is 0.694. The van der Waals surface area contributed by atoms with Crippen molar-refractivity contribution in [3.05, 3.63) is 40.3 Å². The molecule has 3 unspecified atom stereocenters. The summed E-state index contributed by atoms with van der Waals surface area (Å²) >= 11 is 3.37. The number of nitrogens with zero attached hydrogens (tertiary/aromatic N) is 3. The minimum Gasteiger partial charge on any atom is -0.493 e. The molecular weight excluding hydrogens is 436 g/mol. The fourth-order valence-electron chi connectivity index (χ4n) is 3.48. The minimum atomic E-state index is -0.0632. The van der Waals surface area contributed by atoms with Gasteiger partial charge in [-0.25, -0.2) is 4.99 Å². The second kappa shape index (κ2) is 9.09. The zero-order valence-corrected chi connectivity index (χ0v) is 19.4. The third-order valence-electron chi connectivity index (χ3n) is 5.42. The summed E-state index contributed by atoms with van der Waals surface area (Å²) in [6, 6.07) is 4.07. The molecule has 29 heavy (non-hydrogen) atoms. The van der Waals surface area contributed by atoms with Crippen molar-refractivity contribution in [2.24, 2.45) is 10.9 Å². The zero-order valence-electron chi connectivity index (χ0n) is 17.8. The summed E-state index contributed by atoms with van der Waals surface area (Å²) in [6.45, 7) is 5.03. The Kier molecular flexibility index (Phi) is 6.74. The topological polar surface area (TPSA) is 58.6 Å². The van der Waals surface area contributed by atoms with Crippen molar-refractivity contribution in [1.29, 1.82) is 0 Å². The van der Waals surface area contributed by atoms with Gasteiger partial charge in [-0.2, -0.15) is 0 Å². The Hall–Kier alpha value is -2.19. The van der Waals surface area contributed by atoms with Crippen molar-refractivity contribution in [2.75, 3.05) is 28.3 Å². The normalized spacial score (nSPS) is 20.7. The predicted octanol–water partition coefficient (Wildman–Crippen LogP) is 3.52. The number of halogens is 1. The molecule has 0 amide bonds. The van der Waals surface area contributed by atoms with Crippen LogP contribution in [-0.2, 0) is 6.54 Å². The molecule has 0 aliphatic carbocycles. The maximum absolute atomic E-state index is 6.26. The van der Waals surface area contributed by atoms with Gasteiger partial charge in [-0.3, -0.25) is 5.32 Å². The van der Waals surface area contributed by atoms with E-state index in [1.54, 1.807) is 20.6 Å². The molecule has 0 bridgehead atoms. The van der Waals surface area contributed by atoms with E-state index in [9.17, 15) is 0 Å². The lowest BCUT2D eigenvalue weighted by Gasteiger charge is -2.38. The molecule has 1 aromatic rings. The lowest BCUT2D eigenvalue weighted by molar-refractivity contribution is 0.224. The van der Waals surface area contributed by atoms with Crippen LogP contribution in [0.15, 0.2) is 39.8 Å². The van der Waals surface area contributed by atoms with Gasteiger partial charge in [0.05, 0.1) is 20.6 Å². The van der Waals surface area contributed by atoms with Gasteiger partial charge in [0.15, 0.2) is 11.5 Å². The number of ether oxygens (including phenoxy) is 3. The van der Waals surface area contributed by atoms with Crippen LogP contribution < -0.4 is 19.5 Å². The van der Waals surface area contributed by atoms with Crippen LogP contribution in [0.2, 0.25) is 0 Å².